The molecule has 3 atom stereocenters. The zero-order chi connectivity index (χ0) is 19.8. The lowest BCUT2D eigenvalue weighted by molar-refractivity contribution is -0.123. The summed E-state index contributed by atoms with van der Waals surface area (Å²) in [6.07, 6.45) is 1.08. The quantitative estimate of drug-likeness (QED) is 0.690. The Morgan fingerprint density at radius 3 is 2.44 bits per heavy atom. The summed E-state index contributed by atoms with van der Waals surface area (Å²) in [6.45, 7) is 8.68. The summed E-state index contributed by atoms with van der Waals surface area (Å²) >= 11 is 0. The fourth-order valence-electron chi connectivity index (χ4n) is 2.90. The molecule has 1 amide bonds. The molecule has 2 aromatic carbocycles. The summed E-state index contributed by atoms with van der Waals surface area (Å²) in [5.74, 6) is 0.946. The first kappa shape index (κ1) is 21.0. The third-order valence-corrected chi connectivity index (χ3v) is 5.04. The zero-order valence-corrected chi connectivity index (χ0v) is 16.7. The van der Waals surface area contributed by atoms with Crippen LogP contribution in [0.2, 0.25) is 0 Å². The fraction of sp³-hybridized carbons (Fsp3) is 0.435. The number of carbonyl (C=O) groups excluding carboxylic acids is 1. The van der Waals surface area contributed by atoms with Crippen LogP contribution in [0.1, 0.15) is 55.8 Å². The normalized spacial score (nSPS) is 14.3. The molecule has 0 aliphatic heterocycles. The van der Waals surface area contributed by atoms with E-state index in [9.17, 15) is 9.90 Å². The van der Waals surface area contributed by atoms with Crippen LogP contribution < -0.4 is 10.1 Å². The van der Waals surface area contributed by atoms with Crippen molar-refractivity contribution in [3.63, 3.8) is 0 Å². The molecule has 0 aliphatic carbocycles. The van der Waals surface area contributed by atoms with Crippen LogP contribution in [0, 0.1) is 12.8 Å². The number of benzene rings is 2. The highest BCUT2D eigenvalue weighted by Crippen LogP contribution is 2.24. The molecule has 0 heterocycles. The lowest BCUT2D eigenvalue weighted by Crippen LogP contribution is -2.34. The molecule has 2 N–H and O–H groups in total. The zero-order valence-electron chi connectivity index (χ0n) is 16.7. The largest absolute Gasteiger partial charge is 0.493 e. The van der Waals surface area contributed by atoms with Crippen LogP contribution in [0.25, 0.3) is 0 Å². The maximum Gasteiger partial charge on any atom is 0.227 e. The Morgan fingerprint density at radius 1 is 1.15 bits per heavy atom. The number of hydrogen-bond acceptors (Lipinski definition) is 3. The molecule has 0 saturated heterocycles. The highest BCUT2D eigenvalue weighted by molar-refractivity contribution is 5.83. The monoisotopic (exact) mass is 369 g/mol. The third-order valence-electron chi connectivity index (χ3n) is 5.04. The van der Waals surface area contributed by atoms with Crippen molar-refractivity contribution in [2.24, 2.45) is 5.92 Å². The van der Waals surface area contributed by atoms with Gasteiger partial charge in [-0.3, -0.25) is 4.79 Å². The van der Waals surface area contributed by atoms with Crippen LogP contribution in [0.15, 0.2) is 48.5 Å². The van der Waals surface area contributed by atoms with Gasteiger partial charge in [-0.25, -0.2) is 0 Å². The number of nitrogens with one attached hydrogen (secondary N) is 1. The Hall–Kier alpha value is -2.33. The summed E-state index contributed by atoms with van der Waals surface area (Å²) in [7, 11) is 0. The van der Waals surface area contributed by atoms with Crippen LogP contribution in [-0.2, 0) is 4.79 Å². The summed E-state index contributed by atoms with van der Waals surface area (Å²) in [6, 6.07) is 15.0. The van der Waals surface area contributed by atoms with Crippen molar-refractivity contribution in [3.8, 4) is 5.75 Å². The van der Waals surface area contributed by atoms with Crippen LogP contribution in [-0.4, -0.2) is 24.2 Å². The number of aliphatic hydroxyl groups excluding tert-OH is 1. The van der Waals surface area contributed by atoms with Gasteiger partial charge in [0.1, 0.15) is 5.75 Å². The van der Waals surface area contributed by atoms with Gasteiger partial charge in [0.15, 0.2) is 0 Å². The second-order valence-electron chi connectivity index (χ2n) is 7.22. The maximum absolute atomic E-state index is 12.6. The molecule has 2 aromatic rings. The topological polar surface area (TPSA) is 58.6 Å². The SMILES string of the molecule is CC[C@H](C)COc1ccc([C@H](CO)NC(=O)[C@@H](C)c2ccccc2)c(C)c1. The van der Waals surface area contributed by atoms with E-state index >= 15 is 0 Å². The number of hydrogen-bond donors (Lipinski definition) is 2. The van der Waals surface area contributed by atoms with Gasteiger partial charge >= 0.3 is 0 Å². The van der Waals surface area contributed by atoms with E-state index in [0.717, 1.165) is 28.9 Å². The second kappa shape index (κ2) is 10.1. The van der Waals surface area contributed by atoms with Gasteiger partial charge in [-0.2, -0.15) is 0 Å². The average molecular weight is 370 g/mol. The molecule has 0 fully saturated rings. The summed E-state index contributed by atoms with van der Waals surface area (Å²) in [5, 5.41) is 12.8. The van der Waals surface area contributed by atoms with Crippen LogP contribution in [0.4, 0.5) is 0 Å². The first-order chi connectivity index (χ1) is 13.0. The van der Waals surface area contributed by atoms with Gasteiger partial charge in [0.2, 0.25) is 5.91 Å². The number of rotatable bonds is 9. The van der Waals surface area contributed by atoms with E-state index in [1.54, 1.807) is 0 Å². The smallest absolute Gasteiger partial charge is 0.227 e. The van der Waals surface area contributed by atoms with Crippen molar-refractivity contribution >= 4 is 5.91 Å². The van der Waals surface area contributed by atoms with Gasteiger partial charge in [-0.1, -0.05) is 56.7 Å². The maximum atomic E-state index is 12.6. The minimum atomic E-state index is -0.438. The Kier molecular flexibility index (Phi) is 7.86. The van der Waals surface area contributed by atoms with Crippen molar-refractivity contribution in [2.75, 3.05) is 13.2 Å². The standard InChI is InChI=1S/C23H31NO3/c1-5-16(2)15-27-20-11-12-21(17(3)13-20)22(14-25)24-23(26)18(4)19-9-7-6-8-10-19/h6-13,16,18,22,25H,5,14-15H2,1-4H3,(H,24,26)/t16-,18-,22-/m0/s1. The molecule has 0 radical (unpaired) electrons. The van der Waals surface area contributed by atoms with Crippen molar-refractivity contribution in [2.45, 2.75) is 46.1 Å². The second-order valence-corrected chi connectivity index (χ2v) is 7.22. The molecule has 0 saturated carbocycles. The average Bonchev–Trinajstić information content (AvgIpc) is 2.70. The van der Waals surface area contributed by atoms with E-state index in [4.69, 9.17) is 4.74 Å². The van der Waals surface area contributed by atoms with Gasteiger partial charge in [-0.15, -0.1) is 0 Å². The van der Waals surface area contributed by atoms with E-state index < -0.39 is 6.04 Å². The molecular formula is C23H31NO3. The van der Waals surface area contributed by atoms with E-state index in [-0.39, 0.29) is 18.4 Å². The van der Waals surface area contributed by atoms with Crippen LogP contribution in [0.5, 0.6) is 5.75 Å². The minimum absolute atomic E-state index is 0.100. The Morgan fingerprint density at radius 2 is 1.85 bits per heavy atom. The van der Waals surface area contributed by atoms with Gasteiger partial charge in [0.25, 0.3) is 0 Å². The predicted molar refractivity (Wildman–Crippen MR) is 109 cm³/mol. The molecule has 146 valence electrons. The molecule has 0 aromatic heterocycles. The van der Waals surface area contributed by atoms with Crippen molar-refractivity contribution in [1.29, 1.82) is 0 Å². The molecule has 4 heteroatoms. The Bertz CT molecular complexity index is 730. The number of amides is 1. The molecule has 0 spiro atoms. The summed E-state index contributed by atoms with van der Waals surface area (Å²) in [5.41, 5.74) is 2.85. The number of carbonyl (C=O) groups is 1. The van der Waals surface area contributed by atoms with Gasteiger partial charge < -0.3 is 15.2 Å². The molecule has 2 rings (SSSR count). The van der Waals surface area contributed by atoms with Crippen molar-refractivity contribution < 1.29 is 14.6 Å². The lowest BCUT2D eigenvalue weighted by atomic mass is 9.97. The van der Waals surface area contributed by atoms with Gasteiger partial charge in [0, 0.05) is 0 Å². The number of aliphatic hydroxyl groups is 1. The van der Waals surface area contributed by atoms with E-state index in [1.165, 1.54) is 0 Å². The Labute approximate surface area is 162 Å². The fourth-order valence-corrected chi connectivity index (χ4v) is 2.90. The summed E-state index contributed by atoms with van der Waals surface area (Å²) in [4.78, 5) is 12.6. The first-order valence-corrected chi connectivity index (χ1v) is 9.65. The molecule has 0 unspecified atom stereocenters. The number of ether oxygens (including phenoxy) is 1. The predicted octanol–water partition coefficient (Wildman–Crippen LogP) is 4.37. The third kappa shape index (κ3) is 5.83. The molecule has 27 heavy (non-hydrogen) atoms. The molecular weight excluding hydrogens is 338 g/mol. The minimum Gasteiger partial charge on any atom is -0.493 e. The van der Waals surface area contributed by atoms with Crippen LogP contribution >= 0.6 is 0 Å². The van der Waals surface area contributed by atoms with Gasteiger partial charge in [0.05, 0.1) is 25.2 Å². The lowest BCUT2D eigenvalue weighted by Gasteiger charge is -2.22. The van der Waals surface area contributed by atoms with Crippen molar-refractivity contribution in [1.82, 2.24) is 5.32 Å². The van der Waals surface area contributed by atoms with Crippen LogP contribution in [0.3, 0.4) is 0 Å². The Balaban J connectivity index is 2.07. The van der Waals surface area contributed by atoms with E-state index in [2.05, 4.69) is 19.2 Å². The molecule has 4 nitrogen and oxygen atoms in total. The summed E-state index contributed by atoms with van der Waals surface area (Å²) < 4.78 is 5.84. The van der Waals surface area contributed by atoms with E-state index in [0.29, 0.717) is 12.5 Å². The molecule has 0 aliphatic rings. The van der Waals surface area contributed by atoms with Gasteiger partial charge in [-0.05, 0) is 48.6 Å². The van der Waals surface area contributed by atoms with Crippen molar-refractivity contribution in [3.05, 3.63) is 65.2 Å². The van der Waals surface area contributed by atoms with E-state index in [1.807, 2.05) is 62.4 Å². The highest BCUT2D eigenvalue weighted by Gasteiger charge is 2.21. The first-order valence-electron chi connectivity index (χ1n) is 9.65. The highest BCUT2D eigenvalue weighted by atomic mass is 16.5. The molecule has 0 bridgehead atoms. The number of aryl methyl sites for hydroxylation is 1.